The van der Waals surface area contributed by atoms with Crippen LogP contribution in [0.3, 0.4) is 0 Å². The van der Waals surface area contributed by atoms with Crippen molar-refractivity contribution in [2.45, 2.75) is 45.4 Å². The molecule has 0 heteroatoms. The minimum Gasteiger partial charge on any atom is -0.0885 e. The van der Waals surface area contributed by atoms with Crippen LogP contribution in [-0.4, -0.2) is 0 Å². The van der Waals surface area contributed by atoms with Gasteiger partial charge in [-0.15, -0.1) is 0 Å². The van der Waals surface area contributed by atoms with Gasteiger partial charge in [-0.2, -0.15) is 0 Å². The predicted molar refractivity (Wildman–Crippen MR) is 60.5 cm³/mol. The van der Waals surface area contributed by atoms with Crippen LogP contribution in [0, 0.1) is 6.58 Å². The van der Waals surface area contributed by atoms with Crippen LogP contribution in [-0.2, 0) is 0 Å². The lowest BCUT2D eigenvalue weighted by atomic mass is 10.2. The van der Waals surface area contributed by atoms with Gasteiger partial charge in [0.1, 0.15) is 0 Å². The summed E-state index contributed by atoms with van der Waals surface area (Å²) in [5.41, 5.74) is 0. The van der Waals surface area contributed by atoms with Crippen LogP contribution in [0.5, 0.6) is 0 Å². The molecule has 0 aromatic carbocycles. The van der Waals surface area contributed by atoms with Crippen molar-refractivity contribution in [3.8, 4) is 0 Å². The summed E-state index contributed by atoms with van der Waals surface area (Å²) in [7, 11) is 0. The molecule has 0 bridgehead atoms. The highest BCUT2D eigenvalue weighted by Gasteiger charge is 1.81. The molecule has 0 rings (SSSR count). The molecule has 0 amide bonds. The van der Waals surface area contributed by atoms with Gasteiger partial charge in [-0.1, -0.05) is 56.7 Å². The molecule has 1 radical (unpaired) electrons. The van der Waals surface area contributed by atoms with Crippen LogP contribution in [0.15, 0.2) is 30.4 Å². The second kappa shape index (κ2) is 11.2. The van der Waals surface area contributed by atoms with E-state index in [4.69, 9.17) is 6.58 Å². The molecule has 0 aliphatic rings. The predicted octanol–water partition coefficient (Wildman–Crippen LogP) is 4.45. The van der Waals surface area contributed by atoms with Crippen molar-refractivity contribution >= 4 is 0 Å². The molecule has 0 spiro atoms. The van der Waals surface area contributed by atoms with E-state index in [0.717, 1.165) is 12.8 Å². The topological polar surface area (TPSA) is 0 Å². The Morgan fingerprint density at radius 3 is 2.31 bits per heavy atom. The zero-order valence-electron chi connectivity index (χ0n) is 8.71. The van der Waals surface area contributed by atoms with Gasteiger partial charge in [-0.25, -0.2) is 0 Å². The van der Waals surface area contributed by atoms with Gasteiger partial charge in [0.15, 0.2) is 0 Å². The van der Waals surface area contributed by atoms with Crippen molar-refractivity contribution in [2.24, 2.45) is 0 Å². The Hall–Kier alpha value is -0.780. The van der Waals surface area contributed by atoms with Crippen molar-refractivity contribution in [1.82, 2.24) is 0 Å². The van der Waals surface area contributed by atoms with E-state index in [0.29, 0.717) is 0 Å². The van der Waals surface area contributed by atoms with E-state index in [2.05, 4.69) is 25.2 Å². The summed E-state index contributed by atoms with van der Waals surface area (Å²) in [5.74, 6) is 0. The smallest absolute Gasteiger partial charge is 0.0313 e. The minimum atomic E-state index is 1.10. The summed E-state index contributed by atoms with van der Waals surface area (Å²) >= 11 is 0. The van der Waals surface area contributed by atoms with Gasteiger partial charge in [0, 0.05) is 0 Å². The van der Waals surface area contributed by atoms with Crippen molar-refractivity contribution in [3.63, 3.8) is 0 Å². The van der Waals surface area contributed by atoms with Gasteiger partial charge in [-0.3, -0.25) is 0 Å². The molecule has 0 heterocycles. The van der Waals surface area contributed by atoms with Crippen molar-refractivity contribution < 1.29 is 0 Å². The number of hydrogen-bond donors (Lipinski definition) is 0. The van der Waals surface area contributed by atoms with Crippen molar-refractivity contribution in [1.29, 1.82) is 0 Å². The van der Waals surface area contributed by atoms with Gasteiger partial charge in [0.05, 0.1) is 0 Å². The standard InChI is InChI=1S/C13H21/c1-3-5-7-9-11-13-12-10-8-6-4-2/h1,3,5,7,12-13H,4,6,8-11H2,2H3. The molecule has 73 valence electrons. The maximum absolute atomic E-state index is 5.19. The second-order valence-corrected chi connectivity index (χ2v) is 3.17. The molecule has 0 aliphatic carbocycles. The van der Waals surface area contributed by atoms with E-state index < -0.39 is 0 Å². The first-order valence-corrected chi connectivity index (χ1v) is 5.27. The van der Waals surface area contributed by atoms with Gasteiger partial charge >= 0.3 is 0 Å². The summed E-state index contributed by atoms with van der Waals surface area (Å²) in [5, 5.41) is 0. The molecule has 0 saturated heterocycles. The molecule has 0 saturated carbocycles. The summed E-state index contributed by atoms with van der Waals surface area (Å²) < 4.78 is 0. The number of hydrogen-bond acceptors (Lipinski definition) is 0. The fraction of sp³-hybridized carbons (Fsp3) is 0.538. The first-order chi connectivity index (χ1) is 6.41. The highest BCUT2D eigenvalue weighted by molar-refractivity contribution is 4.96. The van der Waals surface area contributed by atoms with E-state index in [9.17, 15) is 0 Å². The van der Waals surface area contributed by atoms with E-state index in [1.807, 2.05) is 6.08 Å². The van der Waals surface area contributed by atoms with Gasteiger partial charge < -0.3 is 0 Å². The fourth-order valence-electron chi connectivity index (χ4n) is 1.12. The summed E-state index contributed by atoms with van der Waals surface area (Å²) in [6, 6.07) is 0. The zero-order chi connectivity index (χ0) is 9.78. The molecular weight excluding hydrogens is 156 g/mol. The Kier molecular flexibility index (Phi) is 10.5. The Labute approximate surface area is 83.0 Å². The average Bonchev–Trinajstić information content (AvgIpc) is 2.16. The lowest BCUT2D eigenvalue weighted by Crippen LogP contribution is -1.71. The Morgan fingerprint density at radius 2 is 1.62 bits per heavy atom. The van der Waals surface area contributed by atoms with Crippen molar-refractivity contribution in [3.05, 3.63) is 37.0 Å². The first-order valence-electron chi connectivity index (χ1n) is 5.27. The third kappa shape index (κ3) is 11.2. The Morgan fingerprint density at radius 1 is 0.923 bits per heavy atom. The Balaban J connectivity index is 3.12. The quantitative estimate of drug-likeness (QED) is 0.292. The van der Waals surface area contributed by atoms with E-state index in [1.54, 1.807) is 6.08 Å². The molecule has 0 nitrogen and oxygen atoms in total. The molecule has 0 fully saturated rings. The number of unbranched alkanes of at least 4 members (excludes halogenated alkanes) is 4. The normalized spacial score (nSPS) is 11.5. The van der Waals surface area contributed by atoms with Gasteiger partial charge in [0.25, 0.3) is 0 Å². The van der Waals surface area contributed by atoms with Crippen LogP contribution in [0.4, 0.5) is 0 Å². The van der Waals surface area contributed by atoms with Crippen LogP contribution in [0.1, 0.15) is 45.4 Å². The summed E-state index contributed by atoms with van der Waals surface area (Å²) in [6.07, 6.45) is 17.6. The monoisotopic (exact) mass is 177 g/mol. The lowest BCUT2D eigenvalue weighted by Gasteiger charge is -1.91. The van der Waals surface area contributed by atoms with Gasteiger partial charge in [-0.05, 0) is 25.7 Å². The molecule has 0 atom stereocenters. The third-order valence-corrected chi connectivity index (χ3v) is 1.89. The average molecular weight is 177 g/mol. The van der Waals surface area contributed by atoms with Gasteiger partial charge in [0.2, 0.25) is 0 Å². The lowest BCUT2D eigenvalue weighted by molar-refractivity contribution is 0.728. The van der Waals surface area contributed by atoms with Crippen LogP contribution >= 0.6 is 0 Å². The van der Waals surface area contributed by atoms with E-state index in [-0.39, 0.29) is 0 Å². The highest BCUT2D eigenvalue weighted by Crippen LogP contribution is 2.01. The third-order valence-electron chi connectivity index (χ3n) is 1.89. The molecule has 0 unspecified atom stereocenters. The van der Waals surface area contributed by atoms with Crippen LogP contribution < -0.4 is 0 Å². The molecular formula is C13H21. The molecule has 0 aromatic rings. The molecule has 0 aromatic heterocycles. The first kappa shape index (κ1) is 12.2. The largest absolute Gasteiger partial charge is 0.0885 e. The van der Waals surface area contributed by atoms with Crippen LogP contribution in [0.25, 0.3) is 0 Å². The zero-order valence-corrected chi connectivity index (χ0v) is 8.71. The van der Waals surface area contributed by atoms with Crippen LogP contribution in [0.2, 0.25) is 0 Å². The van der Waals surface area contributed by atoms with E-state index in [1.165, 1.54) is 25.7 Å². The maximum Gasteiger partial charge on any atom is -0.0313 e. The molecule has 13 heavy (non-hydrogen) atoms. The number of allylic oxidation sites excluding steroid dienone is 5. The second-order valence-electron chi connectivity index (χ2n) is 3.17. The summed E-state index contributed by atoms with van der Waals surface area (Å²) in [6.45, 7) is 7.43. The SMILES string of the molecule is [CH]=CC=CCCC=CCCCCC. The van der Waals surface area contributed by atoms with Crippen molar-refractivity contribution in [2.75, 3.05) is 0 Å². The highest BCUT2D eigenvalue weighted by atomic mass is 13.9. The van der Waals surface area contributed by atoms with E-state index >= 15 is 0 Å². The number of rotatable bonds is 8. The fourth-order valence-corrected chi connectivity index (χ4v) is 1.12. The summed E-state index contributed by atoms with van der Waals surface area (Å²) in [4.78, 5) is 0. The Bertz CT molecular complexity index is 151. The molecule has 0 aliphatic heterocycles. The molecule has 0 N–H and O–H groups in total. The minimum absolute atomic E-state index is 1.10. The maximum atomic E-state index is 5.19.